The largest absolute Gasteiger partial charge is 0.307 e. The first-order valence-electron chi connectivity index (χ1n) is 14.1. The maximum atomic E-state index is 13.6. The number of carbonyl (C=O) groups excluding carboxylic acids is 2. The number of nitrogens with zero attached hydrogens (tertiary/aromatic N) is 2. The van der Waals surface area contributed by atoms with Crippen LogP contribution < -0.4 is 0 Å². The second-order valence-electron chi connectivity index (χ2n) is 10.9. The van der Waals surface area contributed by atoms with Gasteiger partial charge in [-0.05, 0) is 72.4 Å². The quantitative estimate of drug-likeness (QED) is 0.231. The summed E-state index contributed by atoms with van der Waals surface area (Å²) in [6.45, 7) is 9.24. The standard InChI is InChI=1S/C34H38F2N2O.CH2O.3H2/c1-23-18-19-38-33(32(23)22-37-4)28-10-7-8-25(20-28)21-30(39)17-14-27-9-5-6-11-31(27)24(2)26-12-15-29(16-13-26)34(3,35)36;1-2;;;/h5-6,9,11-13,15-16,18-19,22,25,28H,2,7-8,10,14,17,20-21H2,1,3-4H3;1H2;3*1H/t25-,28?;;;;/m1..../s1. The Hall–Kier alpha value is -3.80. The number of pyridine rings is 1. The Balaban J connectivity index is 0.00000362. The van der Waals surface area contributed by atoms with E-state index in [4.69, 9.17) is 9.78 Å². The number of aliphatic imine (C=N–C) groups is 1. The minimum atomic E-state index is -2.88. The zero-order valence-electron chi connectivity index (χ0n) is 24.3. The molecule has 0 aliphatic heterocycles. The minimum absolute atomic E-state index is 0. The van der Waals surface area contributed by atoms with E-state index >= 15 is 0 Å². The Morgan fingerprint density at radius 3 is 2.51 bits per heavy atom. The molecule has 41 heavy (non-hydrogen) atoms. The highest BCUT2D eigenvalue weighted by Crippen LogP contribution is 2.39. The van der Waals surface area contributed by atoms with E-state index in [2.05, 4.69) is 18.5 Å². The Morgan fingerprint density at radius 1 is 1.12 bits per heavy atom. The van der Waals surface area contributed by atoms with Crippen molar-refractivity contribution in [3.8, 4) is 0 Å². The lowest BCUT2D eigenvalue weighted by molar-refractivity contribution is -0.120. The van der Waals surface area contributed by atoms with E-state index in [1.54, 1.807) is 19.2 Å². The number of ketones is 1. The van der Waals surface area contributed by atoms with Gasteiger partial charge in [-0.2, -0.15) is 0 Å². The van der Waals surface area contributed by atoms with Crippen LogP contribution in [0.4, 0.5) is 8.78 Å². The molecule has 222 valence electrons. The number of benzene rings is 2. The van der Waals surface area contributed by atoms with Gasteiger partial charge in [0.05, 0.1) is 5.69 Å². The number of Topliss-reactive ketones (excluding diaryl/α,β-unsaturated/α-hetero) is 1. The smallest absolute Gasteiger partial charge is 0.270 e. The van der Waals surface area contributed by atoms with Crippen LogP contribution in [-0.2, 0) is 21.9 Å². The number of alkyl halides is 2. The third-order valence-electron chi connectivity index (χ3n) is 7.94. The van der Waals surface area contributed by atoms with Gasteiger partial charge in [0.25, 0.3) is 5.92 Å². The fraction of sp³-hybridized carbons (Fsp3) is 0.371. The number of aromatic nitrogens is 1. The summed E-state index contributed by atoms with van der Waals surface area (Å²) in [6.07, 6.45) is 9.74. The third kappa shape index (κ3) is 8.35. The summed E-state index contributed by atoms with van der Waals surface area (Å²) >= 11 is 0. The van der Waals surface area contributed by atoms with Crippen LogP contribution in [0.5, 0.6) is 0 Å². The average molecular weight is 565 g/mol. The monoisotopic (exact) mass is 564 g/mol. The molecule has 1 aromatic heterocycles. The molecule has 4 nitrogen and oxygen atoms in total. The molecule has 0 amide bonds. The summed E-state index contributed by atoms with van der Waals surface area (Å²) in [5, 5.41) is 0. The second-order valence-corrected chi connectivity index (χ2v) is 10.9. The van der Waals surface area contributed by atoms with Crippen molar-refractivity contribution in [2.24, 2.45) is 10.9 Å². The van der Waals surface area contributed by atoms with Crippen molar-refractivity contribution in [2.45, 2.75) is 70.6 Å². The Kier molecular flexibility index (Phi) is 11.4. The number of hydrogen-bond acceptors (Lipinski definition) is 4. The number of halogens is 2. The highest BCUT2D eigenvalue weighted by Gasteiger charge is 2.28. The zero-order chi connectivity index (χ0) is 30.0. The van der Waals surface area contributed by atoms with Gasteiger partial charge in [-0.3, -0.25) is 14.8 Å². The van der Waals surface area contributed by atoms with Gasteiger partial charge in [0, 0.05) is 60.5 Å². The molecule has 2 atom stereocenters. The van der Waals surface area contributed by atoms with Crippen LogP contribution in [-0.4, -0.2) is 30.8 Å². The Bertz CT molecular complexity index is 1380. The lowest BCUT2D eigenvalue weighted by atomic mass is 9.76. The number of hydrogen-bond donors (Lipinski definition) is 0. The van der Waals surface area contributed by atoms with Crippen molar-refractivity contribution >= 4 is 24.4 Å². The number of carbonyl (C=O) groups is 2. The van der Waals surface area contributed by atoms with Crippen molar-refractivity contribution in [3.05, 3.63) is 106 Å². The summed E-state index contributed by atoms with van der Waals surface area (Å²) in [6, 6.07) is 16.2. The fourth-order valence-electron chi connectivity index (χ4n) is 5.79. The maximum Gasteiger partial charge on any atom is 0.270 e. The first-order valence-corrected chi connectivity index (χ1v) is 14.1. The number of aryl methyl sites for hydroxylation is 2. The fourth-order valence-corrected chi connectivity index (χ4v) is 5.79. The van der Waals surface area contributed by atoms with Gasteiger partial charge in [0.1, 0.15) is 12.6 Å². The van der Waals surface area contributed by atoms with Crippen LogP contribution in [0.3, 0.4) is 0 Å². The van der Waals surface area contributed by atoms with Crippen molar-refractivity contribution in [3.63, 3.8) is 0 Å². The first kappa shape index (κ1) is 31.7. The highest BCUT2D eigenvalue weighted by molar-refractivity contribution is 5.83. The Labute approximate surface area is 247 Å². The molecule has 4 rings (SSSR count). The molecule has 0 bridgehead atoms. The van der Waals surface area contributed by atoms with Crippen LogP contribution in [0, 0.1) is 12.8 Å². The zero-order valence-corrected chi connectivity index (χ0v) is 24.3. The predicted molar refractivity (Wildman–Crippen MR) is 169 cm³/mol. The molecule has 0 radical (unpaired) electrons. The van der Waals surface area contributed by atoms with Gasteiger partial charge in [-0.25, -0.2) is 8.78 Å². The lowest BCUT2D eigenvalue weighted by Gasteiger charge is -2.29. The van der Waals surface area contributed by atoms with Crippen LogP contribution in [0.1, 0.15) is 94.7 Å². The number of rotatable bonds is 10. The Morgan fingerprint density at radius 2 is 1.83 bits per heavy atom. The lowest BCUT2D eigenvalue weighted by Crippen LogP contribution is -2.19. The molecule has 1 saturated carbocycles. The maximum absolute atomic E-state index is 13.6. The molecule has 0 saturated heterocycles. The van der Waals surface area contributed by atoms with E-state index in [0.29, 0.717) is 31.1 Å². The summed E-state index contributed by atoms with van der Waals surface area (Å²) in [7, 11) is 1.79. The predicted octanol–water partition coefficient (Wildman–Crippen LogP) is 9.03. The van der Waals surface area contributed by atoms with E-state index in [0.717, 1.165) is 66.1 Å². The van der Waals surface area contributed by atoms with Crippen LogP contribution >= 0.6 is 0 Å². The average Bonchev–Trinajstić information content (AvgIpc) is 2.98. The highest BCUT2D eigenvalue weighted by atomic mass is 19.3. The molecular formula is C35H46F2N2O2. The van der Waals surface area contributed by atoms with Crippen molar-refractivity contribution in [2.75, 3.05) is 7.05 Å². The molecule has 2 aromatic carbocycles. The SMILES string of the molecule is C=C(c1ccc(C(C)(F)F)cc1)c1ccccc1CCC(=O)C[C@@H]1CCCC(c2nccc(C)c2C=NC)C1.C=O.[HH].[HH].[HH]. The van der Waals surface area contributed by atoms with Gasteiger partial charge < -0.3 is 4.79 Å². The first-order chi connectivity index (χ1) is 19.7. The second kappa shape index (κ2) is 14.7. The molecule has 1 fully saturated rings. The summed E-state index contributed by atoms with van der Waals surface area (Å²) < 4.78 is 27.3. The molecule has 1 aliphatic carbocycles. The van der Waals surface area contributed by atoms with Crippen molar-refractivity contribution < 1.29 is 22.6 Å². The molecule has 1 heterocycles. The molecule has 6 heteroatoms. The molecular weight excluding hydrogens is 518 g/mol. The van der Waals surface area contributed by atoms with Gasteiger partial charge in [-0.1, -0.05) is 61.5 Å². The van der Waals surface area contributed by atoms with Crippen molar-refractivity contribution in [1.82, 2.24) is 4.98 Å². The van der Waals surface area contributed by atoms with Crippen LogP contribution in [0.15, 0.2) is 72.4 Å². The summed E-state index contributed by atoms with van der Waals surface area (Å²) in [5.41, 5.74) is 6.97. The van der Waals surface area contributed by atoms with E-state index in [-0.39, 0.29) is 15.6 Å². The van der Waals surface area contributed by atoms with Crippen LogP contribution in [0.25, 0.3) is 5.57 Å². The van der Waals surface area contributed by atoms with Gasteiger partial charge >= 0.3 is 0 Å². The van der Waals surface area contributed by atoms with Crippen LogP contribution in [0.2, 0.25) is 0 Å². The van der Waals surface area contributed by atoms with E-state index < -0.39 is 5.92 Å². The van der Waals surface area contributed by atoms with Gasteiger partial charge in [-0.15, -0.1) is 0 Å². The van der Waals surface area contributed by atoms with Gasteiger partial charge in [0.15, 0.2) is 0 Å². The third-order valence-corrected chi connectivity index (χ3v) is 7.94. The summed E-state index contributed by atoms with van der Waals surface area (Å²) in [5.74, 6) is -1.87. The minimum Gasteiger partial charge on any atom is -0.307 e. The molecule has 0 spiro atoms. The molecule has 1 aliphatic rings. The molecule has 3 aromatic rings. The van der Waals surface area contributed by atoms with E-state index in [1.807, 2.05) is 49.5 Å². The van der Waals surface area contributed by atoms with Gasteiger partial charge in [0.2, 0.25) is 0 Å². The van der Waals surface area contributed by atoms with Crippen molar-refractivity contribution in [1.29, 1.82) is 0 Å². The topological polar surface area (TPSA) is 59.4 Å². The normalized spacial score (nSPS) is 17.1. The van der Waals surface area contributed by atoms with E-state index in [9.17, 15) is 13.6 Å². The molecule has 0 N–H and O–H groups in total. The summed E-state index contributed by atoms with van der Waals surface area (Å²) in [4.78, 5) is 30.1. The van der Waals surface area contributed by atoms with E-state index in [1.165, 1.54) is 17.7 Å². The molecule has 1 unspecified atom stereocenters.